The third-order valence-electron chi connectivity index (χ3n) is 4.02. The van der Waals surface area contributed by atoms with Crippen LogP contribution in [0.4, 0.5) is 0 Å². The average Bonchev–Trinajstić information content (AvgIpc) is 2.96. The number of oxazole rings is 1. The zero-order valence-electron chi connectivity index (χ0n) is 13.8. The lowest BCUT2D eigenvalue weighted by Crippen LogP contribution is -2.18. The fraction of sp³-hybridized carbons (Fsp3) is 0.333. The van der Waals surface area contributed by atoms with E-state index in [9.17, 15) is 4.79 Å². The summed E-state index contributed by atoms with van der Waals surface area (Å²) in [6.45, 7) is 8.09. The number of hydrogen-bond acceptors (Lipinski definition) is 4. The van der Waals surface area contributed by atoms with Gasteiger partial charge in [-0.2, -0.15) is 0 Å². The first-order valence-electron chi connectivity index (χ1n) is 7.70. The van der Waals surface area contributed by atoms with Crippen molar-refractivity contribution in [3.8, 4) is 0 Å². The predicted octanol–water partition coefficient (Wildman–Crippen LogP) is 3.72. The van der Waals surface area contributed by atoms with E-state index in [0.29, 0.717) is 11.6 Å². The molecule has 0 bridgehead atoms. The number of dihydropyridines is 1. The van der Waals surface area contributed by atoms with Crippen LogP contribution in [0.25, 0.3) is 11.1 Å². The molecule has 5 heteroatoms. The molecule has 3 rings (SSSR count). The molecule has 0 aliphatic carbocycles. The van der Waals surface area contributed by atoms with E-state index in [1.54, 1.807) is 0 Å². The number of aliphatic imine (C=N–C) groups is 2. The Labute approximate surface area is 134 Å². The summed E-state index contributed by atoms with van der Waals surface area (Å²) in [5.41, 5.74) is 5.91. The minimum Gasteiger partial charge on any atom is -0.438 e. The Bertz CT molecular complexity index is 846. The van der Waals surface area contributed by atoms with Crippen molar-refractivity contribution in [2.24, 2.45) is 9.98 Å². The lowest BCUT2D eigenvalue weighted by Gasteiger charge is -2.09. The number of allylic oxidation sites excluding steroid dienone is 1. The highest BCUT2D eigenvalue weighted by molar-refractivity contribution is 6.47. The lowest BCUT2D eigenvalue weighted by molar-refractivity contribution is -0.111. The first-order valence-corrected chi connectivity index (χ1v) is 7.70. The molecular formula is C18H19N3O2. The molecule has 1 amide bonds. The fourth-order valence-corrected chi connectivity index (χ4v) is 2.61. The number of aryl methyl sites for hydroxylation is 2. The van der Waals surface area contributed by atoms with E-state index in [4.69, 9.17) is 4.42 Å². The Morgan fingerprint density at radius 3 is 2.61 bits per heavy atom. The van der Waals surface area contributed by atoms with Crippen LogP contribution < -0.4 is 0 Å². The normalized spacial score (nSPS) is 16.9. The van der Waals surface area contributed by atoms with Crippen LogP contribution >= 0.6 is 0 Å². The van der Waals surface area contributed by atoms with Gasteiger partial charge in [0.25, 0.3) is 5.91 Å². The largest absolute Gasteiger partial charge is 0.438 e. The maximum Gasteiger partial charge on any atom is 0.295 e. The number of rotatable bonds is 3. The van der Waals surface area contributed by atoms with Crippen molar-refractivity contribution >= 4 is 28.4 Å². The van der Waals surface area contributed by atoms with Gasteiger partial charge in [0.1, 0.15) is 17.8 Å². The molecule has 0 N–H and O–H groups in total. The van der Waals surface area contributed by atoms with E-state index in [2.05, 4.69) is 15.0 Å². The summed E-state index contributed by atoms with van der Waals surface area (Å²) >= 11 is 0. The van der Waals surface area contributed by atoms with Gasteiger partial charge in [-0.15, -0.1) is 0 Å². The molecule has 0 radical (unpaired) electrons. The van der Waals surface area contributed by atoms with Crippen LogP contribution in [0.5, 0.6) is 0 Å². The molecular weight excluding hydrogens is 290 g/mol. The summed E-state index contributed by atoms with van der Waals surface area (Å²) in [5, 5.41) is 0. The van der Waals surface area contributed by atoms with E-state index in [0.717, 1.165) is 39.9 Å². The minimum atomic E-state index is -0.303. The fourth-order valence-electron chi connectivity index (χ4n) is 2.61. The third-order valence-corrected chi connectivity index (χ3v) is 4.02. The number of carbonyl (C=O) groups is 1. The molecule has 0 atom stereocenters. The van der Waals surface area contributed by atoms with Gasteiger partial charge in [0.05, 0.1) is 0 Å². The van der Waals surface area contributed by atoms with E-state index in [1.807, 2.05) is 45.9 Å². The molecule has 1 aliphatic heterocycles. The molecule has 2 heterocycles. The van der Waals surface area contributed by atoms with Crippen molar-refractivity contribution in [1.29, 1.82) is 0 Å². The van der Waals surface area contributed by atoms with Gasteiger partial charge in [-0.1, -0.05) is 19.1 Å². The molecule has 2 aromatic rings. The molecule has 1 aromatic heterocycles. The average molecular weight is 309 g/mol. The maximum atomic E-state index is 12.0. The topological polar surface area (TPSA) is 67.8 Å². The van der Waals surface area contributed by atoms with Crippen molar-refractivity contribution in [1.82, 2.24) is 4.98 Å². The van der Waals surface area contributed by atoms with Gasteiger partial charge in [0.2, 0.25) is 5.89 Å². The highest BCUT2D eigenvalue weighted by Gasteiger charge is 2.17. The zero-order valence-corrected chi connectivity index (χ0v) is 13.8. The third kappa shape index (κ3) is 2.86. The van der Waals surface area contributed by atoms with Gasteiger partial charge < -0.3 is 4.42 Å². The van der Waals surface area contributed by atoms with Crippen LogP contribution in [0.2, 0.25) is 0 Å². The van der Waals surface area contributed by atoms with Crippen LogP contribution in [0.3, 0.4) is 0 Å². The van der Waals surface area contributed by atoms with Crippen molar-refractivity contribution in [2.75, 3.05) is 0 Å². The van der Waals surface area contributed by atoms with Gasteiger partial charge in [-0.05, 0) is 50.0 Å². The number of aromatic nitrogens is 1. The smallest absolute Gasteiger partial charge is 0.295 e. The SMILES string of the molecule is CCC1=CC(=NCc2nc3c(C)ccc(C)c3o2)C(=O)N=C1C. The standard InChI is InChI=1S/C18H19N3O2/c1-5-13-8-14(18(22)20-12(13)4)19-9-15-21-16-10(2)6-7-11(3)17(16)23-15/h6-8H,5,9H2,1-4H3. The lowest BCUT2D eigenvalue weighted by atomic mass is 10.0. The number of fused-ring (bicyclic) bond motifs is 1. The van der Waals surface area contributed by atoms with Crippen molar-refractivity contribution in [2.45, 2.75) is 40.7 Å². The Kier molecular flexibility index (Phi) is 3.94. The summed E-state index contributed by atoms with van der Waals surface area (Å²) in [5.74, 6) is 0.207. The maximum absolute atomic E-state index is 12.0. The van der Waals surface area contributed by atoms with E-state index >= 15 is 0 Å². The predicted molar refractivity (Wildman–Crippen MR) is 91.1 cm³/mol. The van der Waals surface area contributed by atoms with E-state index in [-0.39, 0.29) is 12.5 Å². The molecule has 1 aromatic carbocycles. The molecule has 118 valence electrons. The molecule has 0 saturated carbocycles. The van der Waals surface area contributed by atoms with Gasteiger partial charge in [0, 0.05) is 5.71 Å². The van der Waals surface area contributed by atoms with Crippen LogP contribution in [0.15, 0.2) is 38.2 Å². The number of amides is 1. The van der Waals surface area contributed by atoms with Crippen LogP contribution in [0.1, 0.15) is 37.3 Å². The molecule has 0 unspecified atom stereocenters. The summed E-state index contributed by atoms with van der Waals surface area (Å²) < 4.78 is 5.79. The van der Waals surface area contributed by atoms with Gasteiger partial charge >= 0.3 is 0 Å². The summed E-state index contributed by atoms with van der Waals surface area (Å²) in [6, 6.07) is 4.03. The number of carbonyl (C=O) groups excluding carboxylic acids is 1. The molecule has 23 heavy (non-hydrogen) atoms. The highest BCUT2D eigenvalue weighted by Crippen LogP contribution is 2.23. The number of benzene rings is 1. The number of nitrogens with zero attached hydrogens (tertiary/aromatic N) is 3. The first kappa shape index (κ1) is 15.3. The Morgan fingerprint density at radius 1 is 1.17 bits per heavy atom. The van der Waals surface area contributed by atoms with Crippen LogP contribution in [-0.2, 0) is 11.3 Å². The van der Waals surface area contributed by atoms with Crippen LogP contribution in [0, 0.1) is 13.8 Å². The second kappa shape index (κ2) is 5.91. The van der Waals surface area contributed by atoms with Gasteiger partial charge in [0.15, 0.2) is 5.58 Å². The van der Waals surface area contributed by atoms with Crippen molar-refractivity contribution in [3.05, 3.63) is 40.8 Å². The molecule has 0 fully saturated rings. The molecule has 0 spiro atoms. The van der Waals surface area contributed by atoms with Gasteiger partial charge in [-0.25, -0.2) is 9.98 Å². The van der Waals surface area contributed by atoms with Crippen LogP contribution in [-0.4, -0.2) is 22.3 Å². The summed E-state index contributed by atoms with van der Waals surface area (Å²) in [4.78, 5) is 24.8. The van der Waals surface area contributed by atoms with E-state index in [1.165, 1.54) is 0 Å². The minimum absolute atomic E-state index is 0.233. The number of hydrogen-bond donors (Lipinski definition) is 0. The monoisotopic (exact) mass is 309 g/mol. The summed E-state index contributed by atoms with van der Waals surface area (Å²) in [7, 11) is 0. The molecule has 0 saturated heterocycles. The molecule has 5 nitrogen and oxygen atoms in total. The van der Waals surface area contributed by atoms with Crippen molar-refractivity contribution < 1.29 is 9.21 Å². The molecule has 1 aliphatic rings. The van der Waals surface area contributed by atoms with Crippen molar-refractivity contribution in [3.63, 3.8) is 0 Å². The Morgan fingerprint density at radius 2 is 1.91 bits per heavy atom. The van der Waals surface area contributed by atoms with E-state index < -0.39 is 0 Å². The zero-order chi connectivity index (χ0) is 16.6. The van der Waals surface area contributed by atoms with Gasteiger partial charge in [-0.3, -0.25) is 9.79 Å². The second-order valence-corrected chi connectivity index (χ2v) is 5.71. The highest BCUT2D eigenvalue weighted by atomic mass is 16.3. The summed E-state index contributed by atoms with van der Waals surface area (Å²) in [6.07, 6.45) is 2.63. The Balaban J connectivity index is 1.91. The first-order chi connectivity index (χ1) is 11.0. The Hall–Kier alpha value is -2.56. The second-order valence-electron chi connectivity index (χ2n) is 5.71. The quantitative estimate of drug-likeness (QED) is 0.867.